The van der Waals surface area contributed by atoms with E-state index in [1.807, 2.05) is 19.9 Å². The molecule has 2 aromatic rings. The molecule has 1 aromatic carbocycles. The highest BCUT2D eigenvalue weighted by molar-refractivity contribution is 5.38. The lowest BCUT2D eigenvalue weighted by Gasteiger charge is -2.34. The summed E-state index contributed by atoms with van der Waals surface area (Å²) in [5.41, 5.74) is 4.58. The van der Waals surface area contributed by atoms with Crippen LogP contribution in [0.2, 0.25) is 0 Å². The lowest BCUT2D eigenvalue weighted by molar-refractivity contribution is 0.199. The molecule has 0 unspecified atom stereocenters. The van der Waals surface area contributed by atoms with Crippen molar-refractivity contribution in [2.45, 2.75) is 27.7 Å². The molecule has 0 radical (unpaired) electrons. The van der Waals surface area contributed by atoms with Gasteiger partial charge in [-0.1, -0.05) is 12.1 Å². The maximum absolute atomic E-state index is 5.98. The van der Waals surface area contributed by atoms with Gasteiger partial charge in [0, 0.05) is 44.1 Å². The van der Waals surface area contributed by atoms with Gasteiger partial charge in [-0.2, -0.15) is 0 Å². The summed E-state index contributed by atoms with van der Waals surface area (Å²) in [5, 5.41) is 0. The Bertz CT molecular complexity index is 703. The van der Waals surface area contributed by atoms with Crippen molar-refractivity contribution in [3.63, 3.8) is 0 Å². The summed E-state index contributed by atoms with van der Waals surface area (Å²) in [7, 11) is 0. The summed E-state index contributed by atoms with van der Waals surface area (Å²) >= 11 is 0. The molecule has 1 aliphatic rings. The highest BCUT2D eigenvalue weighted by Crippen LogP contribution is 2.20. The molecule has 2 heterocycles. The first-order valence-corrected chi connectivity index (χ1v) is 9.01. The number of ether oxygens (including phenoxy) is 1. The van der Waals surface area contributed by atoms with E-state index in [0.717, 1.165) is 62.4 Å². The number of rotatable bonds is 5. The average Bonchev–Trinajstić information content (AvgIpc) is 2.58. The number of anilines is 1. The smallest absolute Gasteiger partial charge is 0.225 e. The second-order valence-electron chi connectivity index (χ2n) is 6.83. The zero-order valence-electron chi connectivity index (χ0n) is 15.7. The van der Waals surface area contributed by atoms with E-state index in [1.54, 1.807) is 0 Å². The molecule has 0 bridgehead atoms. The fourth-order valence-corrected chi connectivity index (χ4v) is 3.19. The van der Waals surface area contributed by atoms with Crippen LogP contribution in [-0.4, -0.2) is 54.2 Å². The van der Waals surface area contributed by atoms with Gasteiger partial charge >= 0.3 is 0 Å². The van der Waals surface area contributed by atoms with E-state index in [9.17, 15) is 0 Å². The minimum atomic E-state index is 0.727. The van der Waals surface area contributed by atoms with Gasteiger partial charge < -0.3 is 9.64 Å². The lowest BCUT2D eigenvalue weighted by atomic mass is 10.1. The molecule has 1 saturated heterocycles. The Labute approximate surface area is 150 Å². The van der Waals surface area contributed by atoms with Gasteiger partial charge in [-0.3, -0.25) is 4.90 Å². The van der Waals surface area contributed by atoms with Crippen LogP contribution in [0.1, 0.15) is 22.5 Å². The SMILES string of the molecule is Cc1cc(C)nc(N2CCN(CCOc3cccc(C)c3C)CC2)n1. The Kier molecular flexibility index (Phi) is 5.53. The van der Waals surface area contributed by atoms with E-state index in [2.05, 4.69) is 51.8 Å². The molecule has 25 heavy (non-hydrogen) atoms. The van der Waals surface area contributed by atoms with Crippen molar-refractivity contribution in [2.75, 3.05) is 44.2 Å². The maximum Gasteiger partial charge on any atom is 0.225 e. The largest absolute Gasteiger partial charge is 0.492 e. The number of piperazine rings is 1. The van der Waals surface area contributed by atoms with Gasteiger partial charge in [-0.05, 0) is 51.0 Å². The Balaban J connectivity index is 1.47. The second kappa shape index (κ2) is 7.83. The zero-order chi connectivity index (χ0) is 17.8. The standard InChI is InChI=1S/C20H28N4O/c1-15-6-5-7-19(18(15)4)25-13-12-23-8-10-24(11-9-23)20-21-16(2)14-17(3)22-20/h5-7,14H,8-13H2,1-4H3. The van der Waals surface area contributed by atoms with Crippen molar-refractivity contribution in [1.29, 1.82) is 0 Å². The van der Waals surface area contributed by atoms with Gasteiger partial charge in [0.15, 0.2) is 0 Å². The normalized spacial score (nSPS) is 15.4. The highest BCUT2D eigenvalue weighted by Gasteiger charge is 2.19. The van der Waals surface area contributed by atoms with Crippen LogP contribution in [0.4, 0.5) is 5.95 Å². The summed E-state index contributed by atoms with van der Waals surface area (Å²) in [6.45, 7) is 13.9. The molecule has 0 spiro atoms. The number of aromatic nitrogens is 2. The molecule has 1 fully saturated rings. The topological polar surface area (TPSA) is 41.5 Å². The summed E-state index contributed by atoms with van der Waals surface area (Å²) < 4.78 is 5.98. The van der Waals surface area contributed by atoms with Crippen molar-refractivity contribution in [3.05, 3.63) is 46.8 Å². The third-order valence-electron chi connectivity index (χ3n) is 4.85. The van der Waals surface area contributed by atoms with Crippen LogP contribution in [0.3, 0.4) is 0 Å². The van der Waals surface area contributed by atoms with Crippen LogP contribution >= 0.6 is 0 Å². The van der Waals surface area contributed by atoms with Crippen LogP contribution in [0, 0.1) is 27.7 Å². The first-order chi connectivity index (χ1) is 12.0. The van der Waals surface area contributed by atoms with Crippen molar-refractivity contribution in [1.82, 2.24) is 14.9 Å². The second-order valence-corrected chi connectivity index (χ2v) is 6.83. The Hall–Kier alpha value is -2.14. The van der Waals surface area contributed by atoms with Crippen molar-refractivity contribution in [2.24, 2.45) is 0 Å². The van der Waals surface area contributed by atoms with Gasteiger partial charge in [-0.25, -0.2) is 9.97 Å². The van der Waals surface area contributed by atoms with E-state index >= 15 is 0 Å². The van der Waals surface area contributed by atoms with Gasteiger partial charge in [0.2, 0.25) is 5.95 Å². The van der Waals surface area contributed by atoms with Crippen molar-refractivity contribution in [3.8, 4) is 5.75 Å². The molecule has 1 aromatic heterocycles. The molecule has 3 rings (SSSR count). The molecule has 5 nitrogen and oxygen atoms in total. The molecule has 0 aliphatic carbocycles. The molecule has 1 aliphatic heterocycles. The van der Waals surface area contributed by atoms with E-state index in [1.165, 1.54) is 11.1 Å². The van der Waals surface area contributed by atoms with Gasteiger partial charge in [0.25, 0.3) is 0 Å². The zero-order valence-corrected chi connectivity index (χ0v) is 15.7. The third kappa shape index (κ3) is 4.48. The molecule has 0 amide bonds. The van der Waals surface area contributed by atoms with E-state index in [4.69, 9.17) is 4.74 Å². The summed E-state index contributed by atoms with van der Waals surface area (Å²) in [4.78, 5) is 13.9. The predicted molar refractivity (Wildman–Crippen MR) is 102 cm³/mol. The Morgan fingerprint density at radius 3 is 2.32 bits per heavy atom. The number of hydrogen-bond donors (Lipinski definition) is 0. The maximum atomic E-state index is 5.98. The Morgan fingerprint density at radius 2 is 1.64 bits per heavy atom. The molecular formula is C20H28N4O. The number of hydrogen-bond acceptors (Lipinski definition) is 5. The number of benzene rings is 1. The monoisotopic (exact) mass is 340 g/mol. The summed E-state index contributed by atoms with van der Waals surface area (Å²) in [5.74, 6) is 1.87. The lowest BCUT2D eigenvalue weighted by Crippen LogP contribution is -2.48. The fraction of sp³-hybridized carbons (Fsp3) is 0.500. The fourth-order valence-electron chi connectivity index (χ4n) is 3.19. The molecule has 0 atom stereocenters. The minimum Gasteiger partial charge on any atom is -0.492 e. The highest BCUT2D eigenvalue weighted by atomic mass is 16.5. The van der Waals surface area contributed by atoms with Gasteiger partial charge in [-0.15, -0.1) is 0 Å². The van der Waals surface area contributed by atoms with Crippen molar-refractivity contribution >= 4 is 5.95 Å². The molecule has 0 N–H and O–H groups in total. The minimum absolute atomic E-state index is 0.727. The van der Waals surface area contributed by atoms with Crippen molar-refractivity contribution < 1.29 is 4.74 Å². The van der Waals surface area contributed by atoms with Crippen LogP contribution in [0.25, 0.3) is 0 Å². The van der Waals surface area contributed by atoms with E-state index < -0.39 is 0 Å². The van der Waals surface area contributed by atoms with Crippen LogP contribution in [0.5, 0.6) is 5.75 Å². The summed E-state index contributed by atoms with van der Waals surface area (Å²) in [6.07, 6.45) is 0. The number of aryl methyl sites for hydroxylation is 3. The first-order valence-electron chi connectivity index (χ1n) is 9.01. The first kappa shape index (κ1) is 17.7. The van der Waals surface area contributed by atoms with Gasteiger partial charge in [0.1, 0.15) is 12.4 Å². The van der Waals surface area contributed by atoms with E-state index in [0.29, 0.717) is 0 Å². The molecular weight excluding hydrogens is 312 g/mol. The predicted octanol–water partition coefficient (Wildman–Crippen LogP) is 2.91. The van der Waals surface area contributed by atoms with Crippen LogP contribution in [0.15, 0.2) is 24.3 Å². The third-order valence-corrected chi connectivity index (χ3v) is 4.85. The summed E-state index contributed by atoms with van der Waals surface area (Å²) in [6, 6.07) is 8.25. The number of nitrogens with zero attached hydrogens (tertiary/aromatic N) is 4. The average molecular weight is 340 g/mol. The quantitative estimate of drug-likeness (QED) is 0.837. The molecule has 134 valence electrons. The van der Waals surface area contributed by atoms with Gasteiger partial charge in [0.05, 0.1) is 0 Å². The van der Waals surface area contributed by atoms with E-state index in [-0.39, 0.29) is 0 Å². The molecule has 5 heteroatoms. The van der Waals surface area contributed by atoms with Crippen LogP contribution in [-0.2, 0) is 0 Å². The van der Waals surface area contributed by atoms with Crippen LogP contribution < -0.4 is 9.64 Å². The molecule has 0 saturated carbocycles. The Morgan fingerprint density at radius 1 is 0.960 bits per heavy atom.